The smallest absolute Gasteiger partial charge is 0.254 e. The number of aryl methyl sites for hydroxylation is 1. The van der Waals surface area contributed by atoms with E-state index in [1.807, 2.05) is 37.3 Å². The molecule has 3 aromatic carbocycles. The molecule has 1 aliphatic rings. The zero-order valence-electron chi connectivity index (χ0n) is 20.8. The summed E-state index contributed by atoms with van der Waals surface area (Å²) >= 11 is 0. The minimum atomic E-state index is -0.231. The summed E-state index contributed by atoms with van der Waals surface area (Å²) in [6.07, 6.45) is 3.95. The highest BCUT2D eigenvalue weighted by molar-refractivity contribution is 5.89. The number of aromatic nitrogens is 4. The molecular weight excluding hydrogens is 463 g/mol. The quantitative estimate of drug-likeness (QED) is 0.296. The van der Waals surface area contributed by atoms with Gasteiger partial charge in [0.05, 0.1) is 11.3 Å². The number of rotatable bonds is 7. The number of fused-ring (bicyclic) bond motifs is 1. The van der Waals surface area contributed by atoms with Crippen LogP contribution < -0.4 is 11.1 Å². The fourth-order valence-electron chi connectivity index (χ4n) is 5.03. The Hall–Kier alpha value is -4.10. The van der Waals surface area contributed by atoms with Crippen molar-refractivity contribution in [2.75, 3.05) is 11.9 Å². The predicted molar refractivity (Wildman–Crippen MR) is 145 cm³/mol. The first-order valence-electron chi connectivity index (χ1n) is 12.7. The van der Waals surface area contributed by atoms with Gasteiger partial charge < -0.3 is 11.1 Å². The van der Waals surface area contributed by atoms with E-state index in [-0.39, 0.29) is 11.4 Å². The summed E-state index contributed by atoms with van der Waals surface area (Å²) in [6.45, 7) is 2.50. The molecule has 5 aromatic rings. The van der Waals surface area contributed by atoms with Crippen LogP contribution in [0.15, 0.2) is 78.9 Å². The van der Waals surface area contributed by atoms with Gasteiger partial charge in [-0.3, -0.25) is 0 Å². The van der Waals surface area contributed by atoms with Gasteiger partial charge in [0.2, 0.25) is 0 Å². The Kier molecular flexibility index (Phi) is 5.93. The normalized spacial score (nSPS) is 14.5. The number of nitrogens with zero attached hydrogens (tertiary/aromatic N) is 4. The Bertz CT molecular complexity index is 1540. The van der Waals surface area contributed by atoms with Crippen LogP contribution in [-0.4, -0.2) is 26.1 Å². The molecule has 2 heterocycles. The van der Waals surface area contributed by atoms with Crippen molar-refractivity contribution in [3.8, 4) is 22.4 Å². The van der Waals surface area contributed by atoms with Gasteiger partial charge in [-0.1, -0.05) is 66.7 Å². The van der Waals surface area contributed by atoms with E-state index in [4.69, 9.17) is 10.7 Å². The van der Waals surface area contributed by atoms with Crippen LogP contribution in [0.2, 0.25) is 0 Å². The topological polar surface area (TPSA) is 81.1 Å². The first-order chi connectivity index (χ1) is 18.0. The highest BCUT2D eigenvalue weighted by Crippen LogP contribution is 2.41. The molecule has 3 N–H and O–H groups in total. The van der Waals surface area contributed by atoms with E-state index >= 15 is 0 Å². The largest absolute Gasteiger partial charge is 0.369 e. The summed E-state index contributed by atoms with van der Waals surface area (Å²) in [7, 11) is 0. The summed E-state index contributed by atoms with van der Waals surface area (Å²) in [5.74, 6) is 1.78. The van der Waals surface area contributed by atoms with Crippen LogP contribution >= 0.6 is 0 Å². The molecule has 1 aliphatic carbocycles. The third-order valence-corrected chi connectivity index (χ3v) is 7.25. The van der Waals surface area contributed by atoms with Crippen LogP contribution in [0.4, 0.5) is 10.2 Å². The maximum Gasteiger partial charge on any atom is 0.254 e. The first kappa shape index (κ1) is 23.3. The summed E-state index contributed by atoms with van der Waals surface area (Å²) in [5.41, 5.74) is 12.4. The molecule has 2 aromatic heterocycles. The number of nitrogens with two attached hydrogens (primary N) is 1. The number of nitrogens with one attached hydrogen (secondary N) is 1. The van der Waals surface area contributed by atoms with Gasteiger partial charge >= 0.3 is 0 Å². The van der Waals surface area contributed by atoms with Gasteiger partial charge in [0.1, 0.15) is 17.5 Å². The van der Waals surface area contributed by atoms with E-state index in [2.05, 4.69) is 51.8 Å². The van der Waals surface area contributed by atoms with Gasteiger partial charge in [0, 0.05) is 17.6 Å². The van der Waals surface area contributed by atoms with Crippen LogP contribution in [0.25, 0.3) is 28.2 Å². The minimum absolute atomic E-state index is 0.213. The Labute approximate surface area is 215 Å². The summed E-state index contributed by atoms with van der Waals surface area (Å²) in [4.78, 5) is 9.57. The Balaban J connectivity index is 1.45. The van der Waals surface area contributed by atoms with Crippen LogP contribution in [0.5, 0.6) is 0 Å². The molecule has 186 valence electrons. The summed E-state index contributed by atoms with van der Waals surface area (Å²) in [6, 6.07) is 25.3. The molecule has 0 amide bonds. The highest BCUT2D eigenvalue weighted by Gasteiger charge is 2.34. The van der Waals surface area contributed by atoms with Crippen LogP contribution in [0.3, 0.4) is 0 Å². The van der Waals surface area contributed by atoms with E-state index in [0.717, 1.165) is 53.0 Å². The van der Waals surface area contributed by atoms with Crippen molar-refractivity contribution >= 4 is 11.6 Å². The number of anilines is 1. The predicted octanol–water partition coefficient (Wildman–Crippen LogP) is 5.90. The third kappa shape index (κ3) is 4.47. The fraction of sp³-hybridized carbons (Fsp3) is 0.233. The monoisotopic (exact) mass is 492 g/mol. The van der Waals surface area contributed by atoms with E-state index < -0.39 is 0 Å². The van der Waals surface area contributed by atoms with Crippen molar-refractivity contribution in [2.45, 2.75) is 38.1 Å². The molecule has 0 atom stereocenters. The molecule has 0 aliphatic heterocycles. The molecule has 37 heavy (non-hydrogen) atoms. The summed E-state index contributed by atoms with van der Waals surface area (Å²) in [5, 5.41) is 8.25. The molecule has 0 spiro atoms. The number of hydrogen-bond donors (Lipinski definition) is 2. The lowest BCUT2D eigenvalue weighted by atomic mass is 9.72. The molecule has 0 unspecified atom stereocenters. The minimum Gasteiger partial charge on any atom is -0.369 e. The van der Waals surface area contributed by atoms with Crippen molar-refractivity contribution in [3.05, 3.63) is 102 Å². The fourth-order valence-corrected chi connectivity index (χ4v) is 5.03. The average Bonchev–Trinajstić information content (AvgIpc) is 3.29. The second-order valence-corrected chi connectivity index (χ2v) is 9.81. The molecular formula is C30H29FN6. The van der Waals surface area contributed by atoms with Crippen molar-refractivity contribution < 1.29 is 4.39 Å². The first-order valence-corrected chi connectivity index (χ1v) is 12.7. The highest BCUT2D eigenvalue weighted by atomic mass is 19.1. The molecule has 6 rings (SSSR count). The van der Waals surface area contributed by atoms with Gasteiger partial charge in [-0.2, -0.15) is 9.50 Å². The molecule has 0 radical (unpaired) electrons. The number of halogens is 1. The molecule has 0 bridgehead atoms. The Morgan fingerprint density at radius 2 is 1.65 bits per heavy atom. The van der Waals surface area contributed by atoms with Gasteiger partial charge in [0.15, 0.2) is 0 Å². The summed E-state index contributed by atoms with van der Waals surface area (Å²) < 4.78 is 15.1. The van der Waals surface area contributed by atoms with E-state index in [1.54, 1.807) is 4.52 Å². The van der Waals surface area contributed by atoms with Gasteiger partial charge in [-0.05, 0) is 61.4 Å². The maximum atomic E-state index is 13.4. The zero-order chi connectivity index (χ0) is 25.4. The maximum absolute atomic E-state index is 13.4. The van der Waals surface area contributed by atoms with Crippen LogP contribution in [0, 0.1) is 12.7 Å². The second-order valence-electron chi connectivity index (χ2n) is 9.81. The van der Waals surface area contributed by atoms with Gasteiger partial charge in [0.25, 0.3) is 5.78 Å². The molecule has 1 saturated carbocycles. The van der Waals surface area contributed by atoms with Gasteiger partial charge in [-0.25, -0.2) is 9.37 Å². The lowest BCUT2D eigenvalue weighted by Crippen LogP contribution is -2.43. The van der Waals surface area contributed by atoms with E-state index in [1.165, 1.54) is 24.1 Å². The Morgan fingerprint density at radius 1 is 0.919 bits per heavy atom. The molecule has 7 heteroatoms. The zero-order valence-corrected chi connectivity index (χ0v) is 20.8. The molecule has 1 fully saturated rings. The average molecular weight is 493 g/mol. The standard InChI is InChI=1S/C30H29FN6/c1-20-34-29-35-27(23-10-12-24(13-11-23)30(32)17-5-18-30)26(22-6-3-2-4-7-22)28(37(29)36-20)33-19-16-21-8-14-25(31)15-9-21/h2-4,6-15,33H,5,16-19,32H2,1H3. The Morgan fingerprint density at radius 3 is 2.32 bits per heavy atom. The van der Waals surface area contributed by atoms with Crippen molar-refractivity contribution in [2.24, 2.45) is 5.73 Å². The van der Waals surface area contributed by atoms with Crippen LogP contribution in [0.1, 0.15) is 36.2 Å². The van der Waals surface area contributed by atoms with Crippen LogP contribution in [-0.2, 0) is 12.0 Å². The van der Waals surface area contributed by atoms with Crippen molar-refractivity contribution in [3.63, 3.8) is 0 Å². The lowest BCUT2D eigenvalue weighted by molar-refractivity contribution is 0.253. The van der Waals surface area contributed by atoms with Crippen molar-refractivity contribution in [1.29, 1.82) is 0 Å². The second kappa shape index (κ2) is 9.41. The SMILES string of the molecule is Cc1nc2nc(-c3ccc(C4(N)CCC4)cc3)c(-c3ccccc3)c(NCCc3ccc(F)cc3)n2n1. The molecule has 6 nitrogen and oxygen atoms in total. The molecule has 0 saturated heterocycles. The van der Waals surface area contributed by atoms with E-state index in [0.29, 0.717) is 18.1 Å². The van der Waals surface area contributed by atoms with E-state index in [9.17, 15) is 4.39 Å². The third-order valence-electron chi connectivity index (χ3n) is 7.25. The van der Waals surface area contributed by atoms with Gasteiger partial charge in [-0.15, -0.1) is 5.10 Å². The number of benzene rings is 3. The lowest BCUT2D eigenvalue weighted by Gasteiger charge is -2.38. The number of hydrogen-bond acceptors (Lipinski definition) is 5. The van der Waals surface area contributed by atoms with Crippen molar-refractivity contribution in [1.82, 2.24) is 19.6 Å².